The minimum atomic E-state index is -0.987. The average molecular weight is 237 g/mol. The highest BCUT2D eigenvalue weighted by molar-refractivity contribution is 5.88. The summed E-state index contributed by atoms with van der Waals surface area (Å²) in [5.74, 6) is -0.374. The van der Waals surface area contributed by atoms with E-state index in [1.165, 1.54) is 12.5 Å². The summed E-state index contributed by atoms with van der Waals surface area (Å²) >= 11 is 0. The van der Waals surface area contributed by atoms with Crippen molar-refractivity contribution in [3.8, 4) is 0 Å². The molecule has 0 saturated heterocycles. The van der Waals surface area contributed by atoms with E-state index in [0.717, 1.165) is 6.42 Å². The molecule has 0 aliphatic heterocycles. The minimum absolute atomic E-state index is 0.164. The maximum atomic E-state index is 10.9. The van der Waals surface area contributed by atoms with E-state index in [4.69, 9.17) is 5.11 Å². The fourth-order valence-electron chi connectivity index (χ4n) is 1.74. The van der Waals surface area contributed by atoms with Crippen LogP contribution in [0.4, 0.5) is 0 Å². The second kappa shape index (κ2) is 6.30. The first-order valence-corrected chi connectivity index (χ1v) is 5.76. The molecular weight excluding hydrogens is 218 g/mol. The summed E-state index contributed by atoms with van der Waals surface area (Å²) in [5, 5.41) is 12.2. The summed E-state index contributed by atoms with van der Waals surface area (Å²) in [6.07, 6.45) is 3.75. The Bertz CT molecular complexity index is 380. The van der Waals surface area contributed by atoms with Crippen molar-refractivity contribution in [2.75, 3.05) is 0 Å². The lowest BCUT2D eigenvalue weighted by molar-refractivity contribution is 0.0694. The number of carbonyl (C=O) groups is 1. The highest BCUT2D eigenvalue weighted by Crippen LogP contribution is 2.07. The van der Waals surface area contributed by atoms with Gasteiger partial charge in [-0.2, -0.15) is 0 Å². The zero-order valence-corrected chi connectivity index (χ0v) is 10.5. The van der Waals surface area contributed by atoms with Crippen molar-refractivity contribution in [1.82, 2.24) is 15.3 Å². The van der Waals surface area contributed by atoms with Crippen LogP contribution in [-0.2, 0) is 6.54 Å². The normalized spacial score (nSPS) is 12.7. The summed E-state index contributed by atoms with van der Waals surface area (Å²) in [6.45, 7) is 6.86. The molecule has 1 unspecified atom stereocenters. The van der Waals surface area contributed by atoms with Gasteiger partial charge in [-0.15, -0.1) is 0 Å². The topological polar surface area (TPSA) is 75.1 Å². The SMILES string of the molecule is CC(C)CC(C)NCc1ncncc1C(=O)O. The number of nitrogens with one attached hydrogen (secondary N) is 1. The molecule has 1 heterocycles. The van der Waals surface area contributed by atoms with Gasteiger partial charge >= 0.3 is 5.97 Å². The van der Waals surface area contributed by atoms with Gasteiger partial charge < -0.3 is 10.4 Å². The fourth-order valence-corrected chi connectivity index (χ4v) is 1.74. The van der Waals surface area contributed by atoms with Gasteiger partial charge in [-0.05, 0) is 19.3 Å². The highest BCUT2D eigenvalue weighted by Gasteiger charge is 2.12. The summed E-state index contributed by atoms with van der Waals surface area (Å²) < 4.78 is 0. The van der Waals surface area contributed by atoms with Crippen LogP contribution >= 0.6 is 0 Å². The number of hydrogen-bond acceptors (Lipinski definition) is 4. The summed E-state index contributed by atoms with van der Waals surface area (Å²) in [7, 11) is 0. The maximum Gasteiger partial charge on any atom is 0.339 e. The quantitative estimate of drug-likeness (QED) is 0.787. The van der Waals surface area contributed by atoms with Gasteiger partial charge in [-0.1, -0.05) is 13.8 Å². The van der Waals surface area contributed by atoms with Crippen molar-refractivity contribution in [2.24, 2.45) is 5.92 Å². The number of carboxylic acid groups (broad SMARTS) is 1. The summed E-state index contributed by atoms with van der Waals surface area (Å²) in [5.41, 5.74) is 0.694. The van der Waals surface area contributed by atoms with Gasteiger partial charge in [-0.3, -0.25) is 0 Å². The van der Waals surface area contributed by atoms with Crippen molar-refractivity contribution in [2.45, 2.75) is 39.8 Å². The van der Waals surface area contributed by atoms with E-state index in [-0.39, 0.29) is 5.56 Å². The van der Waals surface area contributed by atoms with Crippen LogP contribution in [0.2, 0.25) is 0 Å². The molecule has 0 bridgehead atoms. The molecule has 94 valence electrons. The lowest BCUT2D eigenvalue weighted by atomic mass is 10.1. The molecule has 0 aliphatic rings. The molecule has 0 fully saturated rings. The Balaban J connectivity index is 2.60. The molecule has 0 aromatic carbocycles. The monoisotopic (exact) mass is 237 g/mol. The van der Waals surface area contributed by atoms with E-state index in [1.807, 2.05) is 0 Å². The molecule has 0 aliphatic carbocycles. The zero-order valence-electron chi connectivity index (χ0n) is 10.5. The van der Waals surface area contributed by atoms with Gasteiger partial charge in [0.15, 0.2) is 0 Å². The number of rotatable bonds is 6. The van der Waals surface area contributed by atoms with Crippen molar-refractivity contribution < 1.29 is 9.90 Å². The number of nitrogens with zero attached hydrogens (tertiary/aromatic N) is 2. The lowest BCUT2D eigenvalue weighted by Crippen LogP contribution is -2.28. The Hall–Kier alpha value is -1.49. The first kappa shape index (κ1) is 13.6. The Labute approximate surface area is 101 Å². The first-order chi connectivity index (χ1) is 8.00. The van der Waals surface area contributed by atoms with Crippen molar-refractivity contribution in [3.05, 3.63) is 23.8 Å². The summed E-state index contributed by atoms with van der Waals surface area (Å²) in [4.78, 5) is 18.7. The molecule has 2 N–H and O–H groups in total. The summed E-state index contributed by atoms with van der Waals surface area (Å²) in [6, 6.07) is 0.339. The number of hydrogen-bond donors (Lipinski definition) is 2. The third-order valence-electron chi connectivity index (χ3n) is 2.47. The predicted molar refractivity (Wildman–Crippen MR) is 64.7 cm³/mol. The second-order valence-electron chi connectivity index (χ2n) is 4.60. The van der Waals surface area contributed by atoms with Crippen LogP contribution in [0.5, 0.6) is 0 Å². The fraction of sp³-hybridized carbons (Fsp3) is 0.583. The van der Waals surface area contributed by atoms with Crippen LogP contribution in [0.3, 0.4) is 0 Å². The molecule has 0 spiro atoms. The Morgan fingerprint density at radius 3 is 2.76 bits per heavy atom. The Kier molecular flexibility index (Phi) is 5.03. The number of aromatic carboxylic acids is 1. The molecular formula is C12H19N3O2. The number of aromatic nitrogens is 2. The van der Waals surface area contributed by atoms with Crippen LogP contribution in [0.1, 0.15) is 43.2 Å². The number of carboxylic acids is 1. The largest absolute Gasteiger partial charge is 0.478 e. The van der Waals surface area contributed by atoms with Crippen molar-refractivity contribution in [3.63, 3.8) is 0 Å². The van der Waals surface area contributed by atoms with Crippen LogP contribution in [0.25, 0.3) is 0 Å². The van der Waals surface area contributed by atoms with E-state index in [1.54, 1.807) is 0 Å². The van der Waals surface area contributed by atoms with Gasteiger partial charge in [0.2, 0.25) is 0 Å². The highest BCUT2D eigenvalue weighted by atomic mass is 16.4. The Morgan fingerprint density at radius 1 is 1.47 bits per heavy atom. The Morgan fingerprint density at radius 2 is 2.18 bits per heavy atom. The molecule has 1 aromatic heterocycles. The van der Waals surface area contributed by atoms with E-state index < -0.39 is 5.97 Å². The van der Waals surface area contributed by atoms with E-state index in [0.29, 0.717) is 24.2 Å². The van der Waals surface area contributed by atoms with Gasteiger partial charge in [0, 0.05) is 18.8 Å². The van der Waals surface area contributed by atoms with E-state index in [9.17, 15) is 4.79 Å². The first-order valence-electron chi connectivity index (χ1n) is 5.76. The lowest BCUT2D eigenvalue weighted by Gasteiger charge is -2.16. The van der Waals surface area contributed by atoms with Gasteiger partial charge in [0.05, 0.1) is 5.69 Å². The predicted octanol–water partition coefficient (Wildman–Crippen LogP) is 1.70. The molecule has 0 radical (unpaired) electrons. The third kappa shape index (κ3) is 4.48. The molecule has 5 nitrogen and oxygen atoms in total. The molecule has 5 heteroatoms. The van der Waals surface area contributed by atoms with Crippen molar-refractivity contribution >= 4 is 5.97 Å². The average Bonchev–Trinajstić information content (AvgIpc) is 2.25. The molecule has 0 saturated carbocycles. The van der Waals surface area contributed by atoms with Crippen LogP contribution < -0.4 is 5.32 Å². The van der Waals surface area contributed by atoms with Crippen LogP contribution in [0, 0.1) is 5.92 Å². The maximum absolute atomic E-state index is 10.9. The molecule has 1 rings (SSSR count). The zero-order chi connectivity index (χ0) is 12.8. The third-order valence-corrected chi connectivity index (χ3v) is 2.47. The molecule has 1 atom stereocenters. The minimum Gasteiger partial charge on any atom is -0.478 e. The van der Waals surface area contributed by atoms with Crippen LogP contribution in [-0.4, -0.2) is 27.1 Å². The standard InChI is InChI=1S/C12H19N3O2/c1-8(2)4-9(3)14-6-11-10(12(16)17)5-13-7-15-11/h5,7-9,14H,4,6H2,1-3H3,(H,16,17). The van der Waals surface area contributed by atoms with Gasteiger partial charge in [0.1, 0.15) is 11.9 Å². The molecule has 0 amide bonds. The smallest absolute Gasteiger partial charge is 0.339 e. The van der Waals surface area contributed by atoms with Gasteiger partial charge in [-0.25, -0.2) is 14.8 Å². The van der Waals surface area contributed by atoms with Crippen LogP contribution in [0.15, 0.2) is 12.5 Å². The van der Waals surface area contributed by atoms with Crippen molar-refractivity contribution in [1.29, 1.82) is 0 Å². The molecule has 1 aromatic rings. The van der Waals surface area contributed by atoms with Gasteiger partial charge in [0.25, 0.3) is 0 Å². The molecule has 17 heavy (non-hydrogen) atoms. The van der Waals surface area contributed by atoms with E-state index >= 15 is 0 Å². The second-order valence-corrected chi connectivity index (χ2v) is 4.60. The van der Waals surface area contributed by atoms with E-state index in [2.05, 4.69) is 36.1 Å².